The fourth-order valence-electron chi connectivity index (χ4n) is 3.42. The molecule has 1 aliphatic carbocycles. The van der Waals surface area contributed by atoms with Crippen molar-refractivity contribution in [1.29, 1.82) is 0 Å². The molecule has 2 aromatic carbocycles. The van der Waals surface area contributed by atoms with Crippen LogP contribution in [0.4, 0.5) is 22.0 Å². The third-order valence-electron chi connectivity index (χ3n) is 5.20. The van der Waals surface area contributed by atoms with Crippen LogP contribution in [0, 0.1) is 5.82 Å². The Bertz CT molecular complexity index is 1100. The molecule has 0 unspecified atom stereocenters. The van der Waals surface area contributed by atoms with Crippen molar-refractivity contribution in [1.82, 2.24) is 5.32 Å². The number of hydrogen-bond acceptors (Lipinski definition) is 3. The van der Waals surface area contributed by atoms with Gasteiger partial charge in [0, 0.05) is 11.6 Å². The number of halogens is 6. The lowest BCUT2D eigenvalue weighted by Crippen LogP contribution is -2.45. The minimum Gasteiger partial charge on any atom is -0.349 e. The molecule has 1 N–H and O–H groups in total. The van der Waals surface area contributed by atoms with E-state index in [0.717, 1.165) is 24.3 Å². The minimum atomic E-state index is -4.76. The topological polar surface area (TPSA) is 63.2 Å². The van der Waals surface area contributed by atoms with E-state index in [2.05, 4.69) is 5.32 Å². The van der Waals surface area contributed by atoms with Crippen molar-refractivity contribution in [2.24, 2.45) is 0 Å². The highest BCUT2D eigenvalue weighted by Gasteiger charge is 2.48. The molecule has 0 aromatic heterocycles. The smallest absolute Gasteiger partial charge is 0.349 e. The molecule has 2 aromatic rings. The molecule has 1 amide bonds. The fraction of sp³-hybridized carbons (Fsp3) is 0.350. The quantitative estimate of drug-likeness (QED) is 0.602. The van der Waals surface area contributed by atoms with Gasteiger partial charge in [-0.2, -0.15) is 13.2 Å². The SMILES string of the molecule is O=C(N[C@H]1CC[C@@](F)(S(=O)(=O)c2cccc(C(F)(F)F)c2)CC1)c1ccc(F)c(Cl)c1. The second kappa shape index (κ2) is 8.38. The van der Waals surface area contributed by atoms with Crippen molar-refractivity contribution in [2.75, 3.05) is 0 Å². The standard InChI is InChI=1S/C20H17ClF5NO3S/c21-16-10-12(4-5-17(16)22)18(28)27-14-6-8-19(23,9-7-14)31(29,30)15-3-1-2-13(11-15)20(24,25)26/h1-5,10-11,14H,6-9H2,(H,27,28)/t14-,19+. The van der Waals surface area contributed by atoms with E-state index >= 15 is 4.39 Å². The summed E-state index contributed by atoms with van der Waals surface area (Å²) in [7, 11) is -4.70. The van der Waals surface area contributed by atoms with Crippen molar-refractivity contribution in [3.8, 4) is 0 Å². The Morgan fingerprint density at radius 2 is 1.74 bits per heavy atom. The number of nitrogens with one attached hydrogen (secondary N) is 1. The van der Waals surface area contributed by atoms with Gasteiger partial charge in [0.15, 0.2) is 0 Å². The first-order chi connectivity index (χ1) is 14.3. The summed E-state index contributed by atoms with van der Waals surface area (Å²) in [6.45, 7) is 0. The van der Waals surface area contributed by atoms with Crippen molar-refractivity contribution >= 4 is 27.3 Å². The molecule has 168 valence electrons. The monoisotopic (exact) mass is 481 g/mol. The number of hydrogen-bond donors (Lipinski definition) is 1. The lowest BCUT2D eigenvalue weighted by Gasteiger charge is -2.34. The van der Waals surface area contributed by atoms with E-state index in [4.69, 9.17) is 11.6 Å². The van der Waals surface area contributed by atoms with Crippen LogP contribution in [-0.4, -0.2) is 25.4 Å². The van der Waals surface area contributed by atoms with Gasteiger partial charge in [0.05, 0.1) is 15.5 Å². The van der Waals surface area contributed by atoms with Gasteiger partial charge in [-0.25, -0.2) is 17.2 Å². The maximum Gasteiger partial charge on any atom is 0.416 e. The number of carbonyl (C=O) groups excluding carboxylic acids is 1. The van der Waals surface area contributed by atoms with Gasteiger partial charge >= 0.3 is 6.18 Å². The second-order valence-corrected chi connectivity index (χ2v) is 9.91. The summed E-state index contributed by atoms with van der Waals surface area (Å²) in [6.07, 6.45) is -5.85. The summed E-state index contributed by atoms with van der Waals surface area (Å²) >= 11 is 5.64. The van der Waals surface area contributed by atoms with E-state index in [9.17, 15) is 30.8 Å². The number of rotatable bonds is 4. The molecule has 3 rings (SSSR count). The molecule has 0 radical (unpaired) electrons. The van der Waals surface area contributed by atoms with E-state index in [-0.39, 0.29) is 23.4 Å². The predicted octanol–water partition coefficient (Wildman–Crippen LogP) is 5.31. The van der Waals surface area contributed by atoms with E-state index < -0.39 is 62.1 Å². The molecule has 31 heavy (non-hydrogen) atoms. The van der Waals surface area contributed by atoms with Gasteiger partial charge in [0.1, 0.15) is 5.82 Å². The van der Waals surface area contributed by atoms with Crippen LogP contribution in [0.25, 0.3) is 0 Å². The molecule has 0 atom stereocenters. The van der Waals surface area contributed by atoms with Gasteiger partial charge in [-0.05, 0) is 62.1 Å². The van der Waals surface area contributed by atoms with Crippen molar-refractivity contribution < 1.29 is 35.2 Å². The van der Waals surface area contributed by atoms with Gasteiger partial charge in [0.25, 0.3) is 5.91 Å². The second-order valence-electron chi connectivity index (χ2n) is 7.29. The van der Waals surface area contributed by atoms with Crippen LogP contribution in [0.3, 0.4) is 0 Å². The molecule has 11 heteroatoms. The lowest BCUT2D eigenvalue weighted by molar-refractivity contribution is -0.137. The first-order valence-electron chi connectivity index (χ1n) is 9.20. The van der Waals surface area contributed by atoms with Gasteiger partial charge in [-0.3, -0.25) is 4.79 Å². The first kappa shape index (κ1) is 23.5. The maximum absolute atomic E-state index is 15.4. The zero-order chi connectivity index (χ0) is 23.0. The Labute approximate surface area is 180 Å². The number of amides is 1. The van der Waals surface area contributed by atoms with Crippen LogP contribution in [-0.2, 0) is 16.0 Å². The van der Waals surface area contributed by atoms with Crippen molar-refractivity contribution in [2.45, 2.75) is 47.8 Å². The Morgan fingerprint density at radius 3 is 2.32 bits per heavy atom. The normalized spacial score (nSPS) is 22.2. The number of alkyl halides is 4. The van der Waals surface area contributed by atoms with Gasteiger partial charge in [-0.15, -0.1) is 0 Å². The van der Waals surface area contributed by atoms with E-state index in [1.807, 2.05) is 0 Å². The third-order valence-corrected chi connectivity index (χ3v) is 7.74. The largest absolute Gasteiger partial charge is 0.416 e. The van der Waals surface area contributed by atoms with Crippen LogP contribution >= 0.6 is 11.6 Å². The molecule has 0 aliphatic heterocycles. The molecule has 1 saturated carbocycles. The average Bonchev–Trinajstić information content (AvgIpc) is 2.71. The van der Waals surface area contributed by atoms with E-state index in [1.54, 1.807) is 0 Å². The minimum absolute atomic E-state index is 0.0463. The highest BCUT2D eigenvalue weighted by molar-refractivity contribution is 7.92. The van der Waals surface area contributed by atoms with Gasteiger partial charge in [-0.1, -0.05) is 17.7 Å². The number of carbonyl (C=O) groups is 1. The maximum atomic E-state index is 15.4. The fourth-order valence-corrected chi connectivity index (χ4v) is 5.33. The summed E-state index contributed by atoms with van der Waals surface area (Å²) in [4.78, 5) is 11.5. The van der Waals surface area contributed by atoms with Crippen LogP contribution in [0.5, 0.6) is 0 Å². The highest BCUT2D eigenvalue weighted by Crippen LogP contribution is 2.41. The molecule has 0 bridgehead atoms. The predicted molar refractivity (Wildman–Crippen MR) is 104 cm³/mol. The van der Waals surface area contributed by atoms with Gasteiger partial charge < -0.3 is 5.32 Å². The molecule has 1 aliphatic rings. The van der Waals surface area contributed by atoms with Crippen LogP contribution in [0.1, 0.15) is 41.6 Å². The number of benzene rings is 2. The third kappa shape index (κ3) is 4.85. The molecule has 0 spiro atoms. The summed E-state index contributed by atoms with van der Waals surface area (Å²) in [6, 6.07) is 5.78. The first-order valence-corrected chi connectivity index (χ1v) is 11.1. The molecular formula is C20H17ClF5NO3S. The Morgan fingerprint density at radius 1 is 1.10 bits per heavy atom. The van der Waals surface area contributed by atoms with Crippen LogP contribution in [0.2, 0.25) is 5.02 Å². The van der Waals surface area contributed by atoms with Crippen LogP contribution < -0.4 is 5.32 Å². The zero-order valence-corrected chi connectivity index (χ0v) is 17.4. The molecular weight excluding hydrogens is 465 g/mol. The average molecular weight is 482 g/mol. The summed E-state index contributed by atoms with van der Waals surface area (Å²) in [5, 5.41) is -0.387. The Kier molecular flexibility index (Phi) is 6.35. The van der Waals surface area contributed by atoms with Crippen molar-refractivity contribution in [3.05, 3.63) is 64.4 Å². The number of sulfone groups is 1. The van der Waals surface area contributed by atoms with E-state index in [0.29, 0.717) is 12.1 Å². The zero-order valence-electron chi connectivity index (χ0n) is 15.8. The molecule has 0 saturated heterocycles. The van der Waals surface area contributed by atoms with E-state index in [1.165, 1.54) is 6.07 Å². The summed E-state index contributed by atoms with van der Waals surface area (Å²) < 4.78 is 92.7. The molecule has 4 nitrogen and oxygen atoms in total. The highest BCUT2D eigenvalue weighted by atomic mass is 35.5. The summed E-state index contributed by atoms with van der Waals surface area (Å²) in [5.41, 5.74) is -1.10. The molecule has 0 heterocycles. The van der Waals surface area contributed by atoms with Gasteiger partial charge in [0.2, 0.25) is 14.8 Å². The Hall–Kier alpha value is -2.20. The summed E-state index contributed by atoms with van der Waals surface area (Å²) in [5.74, 6) is -1.28. The van der Waals surface area contributed by atoms with Crippen molar-refractivity contribution in [3.63, 3.8) is 0 Å². The van der Waals surface area contributed by atoms with Crippen LogP contribution in [0.15, 0.2) is 47.4 Å². The molecule has 1 fully saturated rings. The Balaban J connectivity index is 1.71. The lowest BCUT2D eigenvalue weighted by atomic mass is 9.93.